The quantitative estimate of drug-likeness (QED) is 0.289. The van der Waals surface area contributed by atoms with Crippen molar-refractivity contribution in [3.05, 3.63) is 66.4 Å². The molecule has 0 spiro atoms. The van der Waals surface area contributed by atoms with Crippen LogP contribution in [0.4, 0.5) is 0 Å². The first-order valence-electron chi connectivity index (χ1n) is 8.89. The molecule has 0 aliphatic carbocycles. The van der Waals surface area contributed by atoms with Crippen LogP contribution >= 0.6 is 22.6 Å². The second-order valence-corrected chi connectivity index (χ2v) is 7.13. The summed E-state index contributed by atoms with van der Waals surface area (Å²) in [6.07, 6.45) is 1.38. The molecule has 156 valence electrons. The van der Waals surface area contributed by atoms with Crippen LogP contribution in [-0.4, -0.2) is 42.2 Å². The van der Waals surface area contributed by atoms with Gasteiger partial charge in [-0.05, 0) is 59.3 Å². The lowest BCUT2D eigenvalue weighted by molar-refractivity contribution is -0.142. The maximum absolute atomic E-state index is 12.6. The van der Waals surface area contributed by atoms with Crippen LogP contribution < -0.4 is 20.7 Å². The zero-order chi connectivity index (χ0) is 21.7. The Labute approximate surface area is 184 Å². The fourth-order valence-corrected chi connectivity index (χ4v) is 3.42. The molecule has 1 heterocycles. The third-order valence-corrected chi connectivity index (χ3v) is 4.80. The van der Waals surface area contributed by atoms with Crippen molar-refractivity contribution < 1.29 is 19.0 Å². The standard InChI is InChI=1S/C20H18IN3O6/c1-3-29-16-9-12(8-14(21)18(16)30-11-17(25)28-2)10-22-24-19(26)13-6-4-5-7-15(13)23-20(24)27/h4-10H,3,11H2,1-2H3,(H,23,27). The smallest absolute Gasteiger partial charge is 0.349 e. The van der Waals surface area contributed by atoms with Gasteiger partial charge in [-0.25, -0.2) is 9.59 Å². The molecule has 0 radical (unpaired) electrons. The molecule has 0 saturated carbocycles. The predicted molar refractivity (Wildman–Crippen MR) is 120 cm³/mol. The average molecular weight is 523 g/mol. The monoisotopic (exact) mass is 523 g/mol. The lowest BCUT2D eigenvalue weighted by Crippen LogP contribution is -2.32. The first kappa shape index (κ1) is 21.6. The summed E-state index contributed by atoms with van der Waals surface area (Å²) in [7, 11) is 1.27. The molecule has 0 aliphatic rings. The Morgan fingerprint density at radius 1 is 1.23 bits per heavy atom. The molecule has 3 rings (SSSR count). The van der Waals surface area contributed by atoms with Crippen LogP contribution in [0.1, 0.15) is 12.5 Å². The minimum atomic E-state index is -0.646. The number of methoxy groups -OCH3 is 1. The van der Waals surface area contributed by atoms with Crippen LogP contribution in [0, 0.1) is 3.57 Å². The maximum atomic E-state index is 12.6. The Morgan fingerprint density at radius 2 is 2.00 bits per heavy atom. The number of fused-ring (bicyclic) bond motifs is 1. The highest BCUT2D eigenvalue weighted by molar-refractivity contribution is 14.1. The number of aromatic nitrogens is 2. The summed E-state index contributed by atoms with van der Waals surface area (Å²) in [5.74, 6) is 0.268. The summed E-state index contributed by atoms with van der Waals surface area (Å²) >= 11 is 2.03. The molecule has 0 unspecified atom stereocenters. The van der Waals surface area contributed by atoms with E-state index in [1.807, 2.05) is 29.5 Å². The predicted octanol–water partition coefficient (Wildman–Crippen LogP) is 2.13. The molecule has 0 amide bonds. The molecule has 2 aromatic carbocycles. The van der Waals surface area contributed by atoms with Crippen molar-refractivity contribution in [3.8, 4) is 11.5 Å². The van der Waals surface area contributed by atoms with Gasteiger partial charge in [0, 0.05) is 0 Å². The third kappa shape index (κ3) is 4.70. The molecule has 0 atom stereocenters. The van der Waals surface area contributed by atoms with Crippen molar-refractivity contribution in [2.24, 2.45) is 5.10 Å². The van der Waals surface area contributed by atoms with E-state index in [2.05, 4.69) is 14.8 Å². The number of esters is 1. The molecule has 10 heteroatoms. The molecular formula is C20H18IN3O6. The molecule has 0 aliphatic heterocycles. The van der Waals surface area contributed by atoms with Gasteiger partial charge in [0.25, 0.3) is 5.56 Å². The summed E-state index contributed by atoms with van der Waals surface area (Å²) in [5.41, 5.74) is -0.150. The normalized spacial score (nSPS) is 11.0. The largest absolute Gasteiger partial charge is 0.490 e. The van der Waals surface area contributed by atoms with Crippen LogP contribution in [-0.2, 0) is 9.53 Å². The van der Waals surface area contributed by atoms with Crippen molar-refractivity contribution in [1.82, 2.24) is 9.66 Å². The van der Waals surface area contributed by atoms with E-state index >= 15 is 0 Å². The van der Waals surface area contributed by atoms with Crippen molar-refractivity contribution in [2.45, 2.75) is 6.92 Å². The molecule has 9 nitrogen and oxygen atoms in total. The maximum Gasteiger partial charge on any atom is 0.349 e. The van der Waals surface area contributed by atoms with E-state index in [0.29, 0.717) is 38.1 Å². The molecule has 0 fully saturated rings. The number of H-pyrrole nitrogens is 1. The molecule has 30 heavy (non-hydrogen) atoms. The van der Waals surface area contributed by atoms with E-state index in [1.54, 1.807) is 36.4 Å². The number of halogens is 1. The van der Waals surface area contributed by atoms with Gasteiger partial charge in [-0.15, -0.1) is 4.68 Å². The molecular weight excluding hydrogens is 505 g/mol. The fourth-order valence-electron chi connectivity index (χ4n) is 2.64. The lowest BCUT2D eigenvalue weighted by Gasteiger charge is -2.14. The van der Waals surface area contributed by atoms with Crippen LogP contribution in [0.5, 0.6) is 11.5 Å². The first-order chi connectivity index (χ1) is 14.4. The van der Waals surface area contributed by atoms with Gasteiger partial charge in [0.2, 0.25) is 0 Å². The third-order valence-electron chi connectivity index (χ3n) is 4.00. The second kappa shape index (κ2) is 9.57. The van der Waals surface area contributed by atoms with Gasteiger partial charge in [0.05, 0.1) is 34.4 Å². The molecule has 0 saturated heterocycles. The average Bonchev–Trinajstić information content (AvgIpc) is 2.73. The number of ether oxygens (including phenoxy) is 3. The Kier molecular flexibility index (Phi) is 6.87. The summed E-state index contributed by atoms with van der Waals surface area (Å²) in [4.78, 5) is 38.8. The van der Waals surface area contributed by atoms with Crippen molar-refractivity contribution in [2.75, 3.05) is 20.3 Å². The van der Waals surface area contributed by atoms with Gasteiger partial charge in [0.1, 0.15) is 0 Å². The van der Waals surface area contributed by atoms with Gasteiger partial charge in [-0.1, -0.05) is 12.1 Å². The summed E-state index contributed by atoms with van der Waals surface area (Å²) < 4.78 is 17.1. The minimum absolute atomic E-state index is 0.262. The van der Waals surface area contributed by atoms with E-state index in [4.69, 9.17) is 9.47 Å². The van der Waals surface area contributed by atoms with Crippen LogP contribution in [0.25, 0.3) is 10.9 Å². The van der Waals surface area contributed by atoms with Crippen molar-refractivity contribution in [3.63, 3.8) is 0 Å². The number of rotatable bonds is 7. The highest BCUT2D eigenvalue weighted by Crippen LogP contribution is 2.34. The number of para-hydroxylation sites is 1. The Morgan fingerprint density at radius 3 is 2.73 bits per heavy atom. The minimum Gasteiger partial charge on any atom is -0.490 e. The van der Waals surface area contributed by atoms with E-state index in [-0.39, 0.29) is 6.61 Å². The van der Waals surface area contributed by atoms with Crippen LogP contribution in [0.2, 0.25) is 0 Å². The number of nitrogens with zero attached hydrogens (tertiary/aromatic N) is 2. The van der Waals surface area contributed by atoms with Gasteiger partial charge in [-0.3, -0.25) is 4.79 Å². The number of hydrogen-bond donors (Lipinski definition) is 1. The highest BCUT2D eigenvalue weighted by atomic mass is 127. The van der Waals surface area contributed by atoms with Crippen LogP contribution in [0.3, 0.4) is 0 Å². The van der Waals surface area contributed by atoms with Crippen LogP contribution in [0.15, 0.2) is 51.1 Å². The lowest BCUT2D eigenvalue weighted by atomic mass is 10.2. The SMILES string of the molecule is CCOc1cc(C=Nn2c(=O)[nH]c3ccccc3c2=O)cc(I)c1OCC(=O)OC. The Balaban J connectivity index is 1.98. The van der Waals surface area contributed by atoms with Crippen molar-refractivity contribution >= 4 is 45.7 Å². The molecule has 3 aromatic rings. The Hall–Kier alpha value is -3.15. The van der Waals surface area contributed by atoms with Crippen molar-refractivity contribution in [1.29, 1.82) is 0 Å². The van der Waals surface area contributed by atoms with E-state index in [0.717, 1.165) is 4.68 Å². The summed E-state index contributed by atoms with van der Waals surface area (Å²) in [5, 5.41) is 4.40. The number of benzene rings is 2. The summed E-state index contributed by atoms with van der Waals surface area (Å²) in [6, 6.07) is 10.1. The van der Waals surface area contributed by atoms with E-state index in [1.165, 1.54) is 13.3 Å². The molecule has 1 aromatic heterocycles. The number of aromatic amines is 1. The number of nitrogens with one attached hydrogen (secondary N) is 1. The van der Waals surface area contributed by atoms with Gasteiger partial charge < -0.3 is 19.2 Å². The first-order valence-corrected chi connectivity index (χ1v) is 9.96. The highest BCUT2D eigenvalue weighted by Gasteiger charge is 2.14. The second-order valence-electron chi connectivity index (χ2n) is 5.97. The van der Waals surface area contributed by atoms with Gasteiger partial charge >= 0.3 is 11.7 Å². The number of hydrogen-bond acceptors (Lipinski definition) is 7. The topological polar surface area (TPSA) is 112 Å². The molecule has 0 bridgehead atoms. The zero-order valence-corrected chi connectivity index (χ0v) is 18.3. The van der Waals surface area contributed by atoms with Gasteiger partial charge in [0.15, 0.2) is 18.1 Å². The Bertz CT molecular complexity index is 1230. The summed E-state index contributed by atoms with van der Waals surface area (Å²) in [6.45, 7) is 1.92. The zero-order valence-electron chi connectivity index (χ0n) is 16.2. The van der Waals surface area contributed by atoms with E-state index in [9.17, 15) is 14.4 Å². The molecule has 1 N–H and O–H groups in total. The number of carbonyl (C=O) groups excluding carboxylic acids is 1. The van der Waals surface area contributed by atoms with Gasteiger partial charge in [-0.2, -0.15) is 5.10 Å². The fraction of sp³-hybridized carbons (Fsp3) is 0.200. The number of carbonyl (C=O) groups is 1. The van der Waals surface area contributed by atoms with E-state index < -0.39 is 17.2 Å².